The number of nitroso groups, excluding NO2 is 1. The molecule has 0 aromatic heterocycles. The number of aromatic hydroxyl groups is 1. The highest BCUT2D eigenvalue weighted by Crippen LogP contribution is 2.27. The lowest BCUT2D eigenvalue weighted by Gasteiger charge is -2.36. The SMILES string of the molecule is CC(N=O)c1ccc(N2CCN(C(=O)CN3CC[C@@H](C(=O)Nc4ccc(O)c(Cl)c4)C3)CC2)cc1. The average Bonchev–Trinajstić information content (AvgIpc) is 3.34. The van der Waals surface area contributed by atoms with E-state index in [4.69, 9.17) is 11.6 Å². The topological polar surface area (TPSA) is 106 Å². The third-order valence-electron chi connectivity index (χ3n) is 6.75. The number of nitrogens with zero attached hydrogens (tertiary/aromatic N) is 4. The number of phenols is 1. The fraction of sp³-hybridized carbons (Fsp3) is 0.440. The average molecular weight is 500 g/mol. The van der Waals surface area contributed by atoms with Crippen molar-refractivity contribution in [1.29, 1.82) is 0 Å². The minimum Gasteiger partial charge on any atom is -0.506 e. The van der Waals surface area contributed by atoms with Gasteiger partial charge in [-0.25, -0.2) is 0 Å². The Bertz CT molecular complexity index is 1070. The number of halogens is 1. The van der Waals surface area contributed by atoms with Crippen LogP contribution in [-0.2, 0) is 9.59 Å². The fourth-order valence-corrected chi connectivity index (χ4v) is 4.73. The van der Waals surface area contributed by atoms with Crippen LogP contribution in [0, 0.1) is 10.8 Å². The molecule has 35 heavy (non-hydrogen) atoms. The molecule has 4 rings (SSSR count). The van der Waals surface area contributed by atoms with Crippen LogP contribution < -0.4 is 10.2 Å². The molecule has 2 aliphatic heterocycles. The third kappa shape index (κ3) is 6.10. The van der Waals surface area contributed by atoms with Crippen LogP contribution in [0.4, 0.5) is 11.4 Å². The normalized spacial score (nSPS) is 19.4. The van der Waals surface area contributed by atoms with Crippen molar-refractivity contribution >= 4 is 34.8 Å². The summed E-state index contributed by atoms with van der Waals surface area (Å²) in [4.78, 5) is 42.4. The monoisotopic (exact) mass is 499 g/mol. The molecule has 2 aromatic rings. The number of carbonyl (C=O) groups excluding carboxylic acids is 2. The predicted octanol–water partition coefficient (Wildman–Crippen LogP) is 3.48. The summed E-state index contributed by atoms with van der Waals surface area (Å²) in [6.45, 7) is 6.08. The molecule has 0 saturated carbocycles. The number of hydrogen-bond donors (Lipinski definition) is 2. The van der Waals surface area contributed by atoms with Crippen LogP contribution in [0.1, 0.15) is 24.9 Å². The highest BCUT2D eigenvalue weighted by molar-refractivity contribution is 6.32. The van der Waals surface area contributed by atoms with E-state index in [2.05, 4.69) is 15.4 Å². The van der Waals surface area contributed by atoms with E-state index in [-0.39, 0.29) is 34.5 Å². The second-order valence-corrected chi connectivity index (χ2v) is 9.52. The fourth-order valence-electron chi connectivity index (χ4n) is 4.55. The molecule has 186 valence electrons. The zero-order valence-electron chi connectivity index (χ0n) is 19.7. The molecule has 9 nitrogen and oxygen atoms in total. The smallest absolute Gasteiger partial charge is 0.236 e. The molecule has 10 heteroatoms. The van der Waals surface area contributed by atoms with Crippen molar-refractivity contribution in [3.05, 3.63) is 58.0 Å². The van der Waals surface area contributed by atoms with Crippen molar-refractivity contribution in [2.45, 2.75) is 19.4 Å². The first-order valence-electron chi connectivity index (χ1n) is 11.8. The van der Waals surface area contributed by atoms with Gasteiger partial charge >= 0.3 is 0 Å². The Kier molecular flexibility index (Phi) is 7.87. The molecule has 2 N–H and O–H groups in total. The van der Waals surface area contributed by atoms with E-state index in [1.54, 1.807) is 13.0 Å². The maximum absolute atomic E-state index is 12.9. The van der Waals surface area contributed by atoms with Gasteiger partial charge in [0, 0.05) is 44.1 Å². The van der Waals surface area contributed by atoms with Gasteiger partial charge in [-0.2, -0.15) is 4.91 Å². The molecule has 2 aromatic carbocycles. The van der Waals surface area contributed by atoms with Crippen LogP contribution in [0.2, 0.25) is 5.02 Å². The first-order valence-corrected chi connectivity index (χ1v) is 12.2. The van der Waals surface area contributed by atoms with Crippen molar-refractivity contribution in [3.63, 3.8) is 0 Å². The van der Waals surface area contributed by atoms with E-state index < -0.39 is 0 Å². The van der Waals surface area contributed by atoms with E-state index in [0.717, 1.165) is 24.3 Å². The highest BCUT2D eigenvalue weighted by atomic mass is 35.5. The van der Waals surface area contributed by atoms with Crippen LogP contribution in [0.3, 0.4) is 0 Å². The van der Waals surface area contributed by atoms with Gasteiger partial charge in [-0.05, 0) is 55.8 Å². The quantitative estimate of drug-likeness (QED) is 0.446. The maximum Gasteiger partial charge on any atom is 0.236 e. The summed E-state index contributed by atoms with van der Waals surface area (Å²) in [5.74, 6) is -0.264. The first-order chi connectivity index (χ1) is 16.8. The molecule has 2 atom stereocenters. The van der Waals surface area contributed by atoms with E-state index in [0.29, 0.717) is 44.8 Å². The maximum atomic E-state index is 12.9. The zero-order valence-corrected chi connectivity index (χ0v) is 20.4. The third-order valence-corrected chi connectivity index (χ3v) is 7.05. The van der Waals surface area contributed by atoms with Crippen molar-refractivity contribution in [2.24, 2.45) is 11.1 Å². The number of anilines is 2. The van der Waals surface area contributed by atoms with Gasteiger partial charge in [-0.15, -0.1) is 0 Å². The summed E-state index contributed by atoms with van der Waals surface area (Å²) in [7, 11) is 0. The van der Waals surface area contributed by atoms with E-state index in [1.165, 1.54) is 12.1 Å². The van der Waals surface area contributed by atoms with E-state index in [9.17, 15) is 19.6 Å². The Morgan fingerprint density at radius 2 is 1.83 bits per heavy atom. The van der Waals surface area contributed by atoms with E-state index in [1.807, 2.05) is 34.1 Å². The predicted molar refractivity (Wildman–Crippen MR) is 136 cm³/mol. The second kappa shape index (κ2) is 11.0. The number of hydrogen-bond acceptors (Lipinski definition) is 7. The Morgan fingerprint density at radius 1 is 1.11 bits per heavy atom. The molecule has 2 amide bonds. The Labute approximate surface area is 209 Å². The second-order valence-electron chi connectivity index (χ2n) is 9.12. The number of likely N-dealkylation sites (tertiary alicyclic amines) is 1. The standard InChI is InChI=1S/C25H30ClN5O4/c1-17(28-35)18-2-5-21(6-3-18)30-10-12-31(13-11-30)24(33)16-29-9-8-19(15-29)25(34)27-20-4-7-23(32)22(26)14-20/h2-7,14,17,19,32H,8-13,15-16H2,1H3,(H,27,34)/t17?,19-/m1/s1. The van der Waals surface area contributed by atoms with Crippen molar-refractivity contribution < 1.29 is 14.7 Å². The Hall–Kier alpha value is -3.17. The summed E-state index contributed by atoms with van der Waals surface area (Å²) < 4.78 is 0. The molecular formula is C25H30ClN5O4. The summed E-state index contributed by atoms with van der Waals surface area (Å²) in [6, 6.07) is 12.0. The number of rotatable bonds is 7. The summed E-state index contributed by atoms with van der Waals surface area (Å²) in [5, 5.41) is 15.6. The highest BCUT2D eigenvalue weighted by Gasteiger charge is 2.31. The Morgan fingerprint density at radius 3 is 2.49 bits per heavy atom. The van der Waals surface area contributed by atoms with Crippen molar-refractivity contribution in [3.8, 4) is 5.75 Å². The molecule has 2 aliphatic rings. The molecule has 0 radical (unpaired) electrons. The van der Waals surface area contributed by atoms with Crippen LogP contribution >= 0.6 is 11.6 Å². The van der Waals surface area contributed by atoms with Gasteiger partial charge in [0.05, 0.1) is 17.5 Å². The molecule has 0 aliphatic carbocycles. The van der Waals surface area contributed by atoms with Gasteiger partial charge in [0.1, 0.15) is 11.8 Å². The minimum atomic E-state index is -0.360. The molecule has 2 saturated heterocycles. The lowest BCUT2D eigenvalue weighted by molar-refractivity contribution is -0.132. The van der Waals surface area contributed by atoms with Gasteiger partial charge < -0.3 is 20.2 Å². The lowest BCUT2D eigenvalue weighted by atomic mass is 10.1. The van der Waals surface area contributed by atoms with Gasteiger partial charge in [0.25, 0.3) is 0 Å². The molecule has 0 bridgehead atoms. The van der Waals surface area contributed by atoms with Crippen molar-refractivity contribution in [2.75, 3.05) is 56.0 Å². The number of amides is 2. The van der Waals surface area contributed by atoms with Crippen LogP contribution in [-0.4, -0.2) is 72.5 Å². The van der Waals surface area contributed by atoms with Crippen LogP contribution in [0.5, 0.6) is 5.75 Å². The number of piperazine rings is 1. The van der Waals surface area contributed by atoms with E-state index >= 15 is 0 Å². The summed E-state index contributed by atoms with van der Waals surface area (Å²) in [6.07, 6.45) is 0.687. The number of benzene rings is 2. The molecule has 1 unspecified atom stereocenters. The van der Waals surface area contributed by atoms with Gasteiger partial charge in [0.2, 0.25) is 11.8 Å². The van der Waals surface area contributed by atoms with Crippen molar-refractivity contribution in [1.82, 2.24) is 9.80 Å². The summed E-state index contributed by atoms with van der Waals surface area (Å²) >= 11 is 5.91. The largest absolute Gasteiger partial charge is 0.506 e. The number of phenolic OH excluding ortho intramolecular Hbond substituents is 1. The van der Waals surface area contributed by atoms with Crippen LogP contribution in [0.15, 0.2) is 47.6 Å². The van der Waals surface area contributed by atoms with Gasteiger partial charge in [-0.1, -0.05) is 28.9 Å². The zero-order chi connectivity index (χ0) is 24.9. The number of carbonyl (C=O) groups is 2. The van der Waals surface area contributed by atoms with Gasteiger partial charge in [0.15, 0.2) is 0 Å². The molecule has 2 fully saturated rings. The Balaban J connectivity index is 1.22. The summed E-state index contributed by atoms with van der Waals surface area (Å²) in [5.41, 5.74) is 2.50. The molecule has 0 spiro atoms. The van der Waals surface area contributed by atoms with Gasteiger partial charge in [-0.3, -0.25) is 14.5 Å². The number of nitrogens with one attached hydrogen (secondary N) is 1. The first kappa shape index (κ1) is 24.9. The van der Waals surface area contributed by atoms with Crippen LogP contribution in [0.25, 0.3) is 0 Å². The lowest BCUT2D eigenvalue weighted by Crippen LogP contribution is -2.51. The molecule has 2 heterocycles. The molecular weight excluding hydrogens is 470 g/mol. The minimum absolute atomic E-state index is 0.0317.